The molecule has 1 aliphatic rings. The van der Waals surface area contributed by atoms with E-state index in [0.29, 0.717) is 6.42 Å². The number of thiophene rings is 1. The smallest absolute Gasteiger partial charge is 0.230 e. The standard InChI is InChI=1S/C21H23N3OS3/c25-20(14-18-15-28-21(23-18)19-2-1-11-27-19)22-17-5-3-16(4-6-17)7-8-24-9-12-26-13-10-24/h1-6,11,15H,7-10,12-14H2,(H,22,25). The molecule has 1 N–H and O–H groups in total. The van der Waals surface area contributed by atoms with E-state index in [4.69, 9.17) is 0 Å². The van der Waals surface area contributed by atoms with Crippen LogP contribution in [0.3, 0.4) is 0 Å². The summed E-state index contributed by atoms with van der Waals surface area (Å²) < 4.78 is 0. The highest BCUT2D eigenvalue weighted by molar-refractivity contribution is 7.99. The lowest BCUT2D eigenvalue weighted by Gasteiger charge is -2.26. The van der Waals surface area contributed by atoms with Crippen LogP contribution in [0.4, 0.5) is 5.69 Å². The van der Waals surface area contributed by atoms with Crippen LogP contribution in [0.15, 0.2) is 47.2 Å². The molecule has 0 atom stereocenters. The molecule has 1 aliphatic heterocycles. The van der Waals surface area contributed by atoms with E-state index >= 15 is 0 Å². The fraction of sp³-hybridized carbons (Fsp3) is 0.333. The van der Waals surface area contributed by atoms with Crippen LogP contribution < -0.4 is 5.32 Å². The van der Waals surface area contributed by atoms with Crippen molar-refractivity contribution in [2.75, 3.05) is 36.5 Å². The molecule has 0 radical (unpaired) electrons. The predicted octanol–water partition coefficient (Wildman–Crippen LogP) is 4.64. The molecule has 0 unspecified atom stereocenters. The lowest BCUT2D eigenvalue weighted by molar-refractivity contribution is -0.115. The van der Waals surface area contributed by atoms with E-state index < -0.39 is 0 Å². The van der Waals surface area contributed by atoms with E-state index in [9.17, 15) is 4.79 Å². The van der Waals surface area contributed by atoms with E-state index in [1.807, 2.05) is 40.7 Å². The number of hydrogen-bond acceptors (Lipinski definition) is 6. The summed E-state index contributed by atoms with van der Waals surface area (Å²) in [5.41, 5.74) is 2.98. The number of thioether (sulfide) groups is 1. The molecule has 3 heterocycles. The van der Waals surface area contributed by atoms with Gasteiger partial charge in [-0.1, -0.05) is 18.2 Å². The number of carbonyl (C=O) groups excluding carboxylic acids is 1. The first-order valence-electron chi connectivity index (χ1n) is 9.43. The van der Waals surface area contributed by atoms with Gasteiger partial charge in [0, 0.05) is 42.2 Å². The van der Waals surface area contributed by atoms with Crippen LogP contribution in [-0.2, 0) is 17.6 Å². The van der Waals surface area contributed by atoms with Crippen LogP contribution in [0.1, 0.15) is 11.3 Å². The molecule has 0 bridgehead atoms. The second kappa shape index (κ2) is 9.69. The van der Waals surface area contributed by atoms with Gasteiger partial charge in [-0.05, 0) is 35.6 Å². The van der Waals surface area contributed by atoms with E-state index in [0.717, 1.165) is 34.2 Å². The maximum atomic E-state index is 12.3. The van der Waals surface area contributed by atoms with E-state index in [1.165, 1.54) is 30.2 Å². The van der Waals surface area contributed by atoms with Gasteiger partial charge in [-0.15, -0.1) is 22.7 Å². The van der Waals surface area contributed by atoms with Crippen LogP contribution in [0.25, 0.3) is 9.88 Å². The van der Waals surface area contributed by atoms with Gasteiger partial charge in [-0.2, -0.15) is 11.8 Å². The first kappa shape index (κ1) is 19.6. The topological polar surface area (TPSA) is 45.2 Å². The number of aromatic nitrogens is 1. The molecule has 0 aliphatic carbocycles. The number of amides is 1. The van der Waals surface area contributed by atoms with Gasteiger partial charge >= 0.3 is 0 Å². The molecule has 4 nitrogen and oxygen atoms in total. The average molecular weight is 430 g/mol. The molecule has 1 amide bonds. The number of rotatable bonds is 7. The number of hydrogen-bond donors (Lipinski definition) is 1. The summed E-state index contributed by atoms with van der Waals surface area (Å²) in [6.45, 7) is 3.51. The van der Waals surface area contributed by atoms with E-state index in [-0.39, 0.29) is 5.91 Å². The van der Waals surface area contributed by atoms with Crippen molar-refractivity contribution in [1.29, 1.82) is 0 Å². The zero-order chi connectivity index (χ0) is 19.2. The lowest BCUT2D eigenvalue weighted by atomic mass is 10.1. The van der Waals surface area contributed by atoms with Gasteiger partial charge in [-0.3, -0.25) is 4.79 Å². The maximum absolute atomic E-state index is 12.3. The zero-order valence-corrected chi connectivity index (χ0v) is 18.0. The number of benzene rings is 1. The van der Waals surface area contributed by atoms with Crippen molar-refractivity contribution in [3.8, 4) is 9.88 Å². The molecule has 2 aromatic heterocycles. The minimum atomic E-state index is -0.0263. The molecule has 3 aromatic rings. The first-order valence-corrected chi connectivity index (χ1v) is 12.3. The molecular formula is C21H23N3OS3. The normalized spacial score (nSPS) is 14.9. The third kappa shape index (κ3) is 5.44. The molecule has 7 heteroatoms. The predicted molar refractivity (Wildman–Crippen MR) is 122 cm³/mol. The number of thiazole rings is 1. The van der Waals surface area contributed by atoms with Gasteiger partial charge in [0.15, 0.2) is 0 Å². The fourth-order valence-corrected chi connectivity index (χ4v) is 5.75. The molecule has 1 fully saturated rings. The van der Waals surface area contributed by atoms with Crippen molar-refractivity contribution in [2.45, 2.75) is 12.8 Å². The molecule has 28 heavy (non-hydrogen) atoms. The highest BCUT2D eigenvalue weighted by atomic mass is 32.2. The van der Waals surface area contributed by atoms with Gasteiger partial charge in [0.1, 0.15) is 5.01 Å². The van der Waals surface area contributed by atoms with Crippen molar-refractivity contribution in [1.82, 2.24) is 9.88 Å². The summed E-state index contributed by atoms with van der Waals surface area (Å²) >= 11 is 5.30. The van der Waals surface area contributed by atoms with E-state index in [1.54, 1.807) is 22.7 Å². The molecule has 1 aromatic carbocycles. The van der Waals surface area contributed by atoms with Crippen molar-refractivity contribution in [3.05, 3.63) is 58.4 Å². The Balaban J connectivity index is 1.26. The lowest BCUT2D eigenvalue weighted by Crippen LogP contribution is -2.34. The second-order valence-electron chi connectivity index (χ2n) is 6.75. The maximum Gasteiger partial charge on any atom is 0.230 e. The van der Waals surface area contributed by atoms with Gasteiger partial charge in [-0.25, -0.2) is 4.98 Å². The van der Waals surface area contributed by atoms with Crippen molar-refractivity contribution in [2.24, 2.45) is 0 Å². The number of nitrogens with one attached hydrogen (secondary N) is 1. The highest BCUT2D eigenvalue weighted by Gasteiger charge is 2.11. The zero-order valence-electron chi connectivity index (χ0n) is 15.6. The second-order valence-corrected chi connectivity index (χ2v) is 9.78. The van der Waals surface area contributed by atoms with E-state index in [2.05, 4.69) is 33.4 Å². The highest BCUT2D eigenvalue weighted by Crippen LogP contribution is 2.28. The van der Waals surface area contributed by atoms with Crippen LogP contribution in [-0.4, -0.2) is 46.9 Å². The monoisotopic (exact) mass is 429 g/mol. The van der Waals surface area contributed by atoms with Crippen molar-refractivity contribution < 1.29 is 4.79 Å². The average Bonchev–Trinajstić information content (AvgIpc) is 3.40. The molecule has 146 valence electrons. The summed E-state index contributed by atoms with van der Waals surface area (Å²) in [4.78, 5) is 20.6. The summed E-state index contributed by atoms with van der Waals surface area (Å²) in [6, 6.07) is 12.3. The Hall–Kier alpha value is -1.67. The van der Waals surface area contributed by atoms with Crippen LogP contribution in [0.2, 0.25) is 0 Å². The first-order chi connectivity index (χ1) is 13.8. The summed E-state index contributed by atoms with van der Waals surface area (Å²) in [5, 5.41) is 7.97. The largest absolute Gasteiger partial charge is 0.326 e. The molecule has 0 spiro atoms. The van der Waals surface area contributed by atoms with Gasteiger partial charge in [0.2, 0.25) is 5.91 Å². The minimum Gasteiger partial charge on any atom is -0.326 e. The Morgan fingerprint density at radius 3 is 2.68 bits per heavy atom. The van der Waals surface area contributed by atoms with Gasteiger partial charge in [0.25, 0.3) is 0 Å². The molecular weight excluding hydrogens is 406 g/mol. The third-order valence-corrected chi connectivity index (χ3v) is 7.56. The number of carbonyl (C=O) groups is 1. The third-order valence-electron chi connectivity index (χ3n) is 4.68. The summed E-state index contributed by atoms with van der Waals surface area (Å²) in [6.07, 6.45) is 1.36. The summed E-state index contributed by atoms with van der Waals surface area (Å²) in [5.74, 6) is 2.47. The Labute approximate surface area is 178 Å². The van der Waals surface area contributed by atoms with Crippen LogP contribution in [0.5, 0.6) is 0 Å². The molecule has 1 saturated heterocycles. The Kier molecular flexibility index (Phi) is 6.80. The van der Waals surface area contributed by atoms with Crippen LogP contribution in [0, 0.1) is 0 Å². The molecule has 4 rings (SSSR count). The van der Waals surface area contributed by atoms with Gasteiger partial charge < -0.3 is 10.2 Å². The van der Waals surface area contributed by atoms with Gasteiger partial charge in [0.05, 0.1) is 17.0 Å². The number of anilines is 1. The van der Waals surface area contributed by atoms with Crippen molar-refractivity contribution >= 4 is 46.0 Å². The SMILES string of the molecule is O=C(Cc1csc(-c2cccs2)n1)Nc1ccc(CCN2CCSCC2)cc1. The van der Waals surface area contributed by atoms with Crippen LogP contribution >= 0.6 is 34.4 Å². The van der Waals surface area contributed by atoms with Crippen molar-refractivity contribution in [3.63, 3.8) is 0 Å². The Morgan fingerprint density at radius 2 is 1.93 bits per heavy atom. The minimum absolute atomic E-state index is 0.0263. The Morgan fingerprint density at radius 1 is 1.11 bits per heavy atom. The summed E-state index contributed by atoms with van der Waals surface area (Å²) in [7, 11) is 0. The number of nitrogens with zero attached hydrogens (tertiary/aromatic N) is 2. The quantitative estimate of drug-likeness (QED) is 0.594. The fourth-order valence-electron chi connectivity index (χ4n) is 3.14. The Bertz CT molecular complexity index is 884. The molecule has 0 saturated carbocycles.